The second-order valence-electron chi connectivity index (χ2n) is 3.48. The van der Waals surface area contributed by atoms with Crippen LogP contribution in [0.25, 0.3) is 0 Å². The average molecular weight is 258 g/mol. The molecule has 1 rings (SSSR count). The minimum atomic E-state index is -0.791. The standard InChI is InChI=1S/C9H12BrN3O/c1-9(2,8(11)14)13-7-4-3-6(10)5-12-7/h3-5H,1-2H3,(H2,11,14)(H,12,13). The molecule has 1 amide bonds. The van der Waals surface area contributed by atoms with E-state index < -0.39 is 11.4 Å². The quantitative estimate of drug-likeness (QED) is 0.863. The second-order valence-corrected chi connectivity index (χ2v) is 4.39. The molecule has 1 aromatic heterocycles. The van der Waals surface area contributed by atoms with Gasteiger partial charge in [-0.05, 0) is 41.9 Å². The molecular weight excluding hydrogens is 246 g/mol. The first-order valence-corrected chi connectivity index (χ1v) is 4.91. The SMILES string of the molecule is CC(C)(Nc1ccc(Br)cn1)C(N)=O. The number of carbonyl (C=O) groups excluding carboxylic acids is 1. The zero-order valence-corrected chi connectivity index (χ0v) is 9.63. The number of nitrogens with zero attached hydrogens (tertiary/aromatic N) is 1. The van der Waals surface area contributed by atoms with Crippen molar-refractivity contribution < 1.29 is 4.79 Å². The lowest BCUT2D eigenvalue weighted by atomic mass is 10.1. The van der Waals surface area contributed by atoms with Gasteiger partial charge in [-0.1, -0.05) is 0 Å². The van der Waals surface area contributed by atoms with Crippen LogP contribution in [-0.2, 0) is 4.79 Å². The zero-order valence-electron chi connectivity index (χ0n) is 8.04. The molecule has 0 aliphatic heterocycles. The summed E-state index contributed by atoms with van der Waals surface area (Å²) in [6, 6.07) is 3.61. The Morgan fingerprint density at radius 1 is 1.57 bits per heavy atom. The van der Waals surface area contributed by atoms with Gasteiger partial charge in [-0.25, -0.2) is 4.98 Å². The topological polar surface area (TPSA) is 68.0 Å². The Kier molecular flexibility index (Phi) is 3.10. The van der Waals surface area contributed by atoms with Gasteiger partial charge in [0.1, 0.15) is 11.4 Å². The van der Waals surface area contributed by atoms with Crippen LogP contribution >= 0.6 is 15.9 Å². The van der Waals surface area contributed by atoms with Gasteiger partial charge >= 0.3 is 0 Å². The molecule has 0 radical (unpaired) electrons. The Bertz CT molecular complexity index is 334. The molecule has 0 spiro atoms. The van der Waals surface area contributed by atoms with E-state index >= 15 is 0 Å². The van der Waals surface area contributed by atoms with E-state index in [1.165, 1.54) is 0 Å². The number of anilines is 1. The number of nitrogens with two attached hydrogens (primary N) is 1. The van der Waals surface area contributed by atoms with Crippen LogP contribution in [-0.4, -0.2) is 16.4 Å². The molecule has 0 bridgehead atoms. The van der Waals surface area contributed by atoms with E-state index in [4.69, 9.17) is 5.73 Å². The summed E-state index contributed by atoms with van der Waals surface area (Å²) in [6.07, 6.45) is 1.65. The summed E-state index contributed by atoms with van der Waals surface area (Å²) in [6.45, 7) is 3.41. The van der Waals surface area contributed by atoms with Gasteiger partial charge in [0.2, 0.25) is 5.91 Å². The predicted molar refractivity (Wildman–Crippen MR) is 58.8 cm³/mol. The Hall–Kier alpha value is -1.10. The van der Waals surface area contributed by atoms with Gasteiger partial charge < -0.3 is 11.1 Å². The largest absolute Gasteiger partial charge is 0.368 e. The van der Waals surface area contributed by atoms with Gasteiger partial charge in [-0.3, -0.25) is 4.79 Å². The molecular formula is C9H12BrN3O. The van der Waals surface area contributed by atoms with Crippen LogP contribution in [0.2, 0.25) is 0 Å². The number of primary amides is 1. The van der Waals surface area contributed by atoms with Crippen molar-refractivity contribution in [3.63, 3.8) is 0 Å². The first-order valence-electron chi connectivity index (χ1n) is 4.11. The van der Waals surface area contributed by atoms with Crippen LogP contribution in [0.4, 0.5) is 5.82 Å². The lowest BCUT2D eigenvalue weighted by Gasteiger charge is -2.22. The maximum absolute atomic E-state index is 11.0. The minimum absolute atomic E-state index is 0.415. The van der Waals surface area contributed by atoms with Crippen molar-refractivity contribution in [3.8, 4) is 0 Å². The van der Waals surface area contributed by atoms with Gasteiger partial charge in [0, 0.05) is 10.7 Å². The molecule has 0 saturated heterocycles. The lowest BCUT2D eigenvalue weighted by molar-refractivity contribution is -0.121. The summed E-state index contributed by atoms with van der Waals surface area (Å²) in [7, 11) is 0. The van der Waals surface area contributed by atoms with Crippen LogP contribution in [0.5, 0.6) is 0 Å². The molecule has 5 heteroatoms. The van der Waals surface area contributed by atoms with E-state index in [0.29, 0.717) is 5.82 Å². The molecule has 0 saturated carbocycles. The number of hydrogen-bond donors (Lipinski definition) is 2. The average Bonchev–Trinajstić information content (AvgIpc) is 2.08. The molecule has 4 nitrogen and oxygen atoms in total. The van der Waals surface area contributed by atoms with Crippen LogP contribution < -0.4 is 11.1 Å². The minimum Gasteiger partial charge on any atom is -0.368 e. The zero-order chi connectivity index (χ0) is 10.8. The molecule has 0 aromatic carbocycles. The fraction of sp³-hybridized carbons (Fsp3) is 0.333. The van der Waals surface area contributed by atoms with Crippen molar-refractivity contribution in [1.29, 1.82) is 0 Å². The van der Waals surface area contributed by atoms with E-state index in [-0.39, 0.29) is 0 Å². The summed E-state index contributed by atoms with van der Waals surface area (Å²) in [5.41, 5.74) is 4.42. The summed E-state index contributed by atoms with van der Waals surface area (Å²) >= 11 is 3.27. The van der Waals surface area contributed by atoms with E-state index in [0.717, 1.165) is 4.47 Å². The van der Waals surface area contributed by atoms with E-state index in [1.807, 2.05) is 6.07 Å². The second kappa shape index (κ2) is 3.96. The maximum Gasteiger partial charge on any atom is 0.242 e. The number of halogens is 1. The number of amides is 1. The molecule has 0 atom stereocenters. The molecule has 76 valence electrons. The molecule has 14 heavy (non-hydrogen) atoms. The monoisotopic (exact) mass is 257 g/mol. The number of aromatic nitrogens is 1. The fourth-order valence-corrected chi connectivity index (χ4v) is 1.07. The van der Waals surface area contributed by atoms with Gasteiger partial charge in [0.05, 0.1) is 0 Å². The molecule has 0 unspecified atom stereocenters. The van der Waals surface area contributed by atoms with E-state index in [1.54, 1.807) is 26.1 Å². The van der Waals surface area contributed by atoms with Gasteiger partial charge in [0.15, 0.2) is 0 Å². The highest BCUT2D eigenvalue weighted by molar-refractivity contribution is 9.10. The van der Waals surface area contributed by atoms with Gasteiger partial charge in [0.25, 0.3) is 0 Å². The Labute approximate surface area is 91.0 Å². The van der Waals surface area contributed by atoms with Crippen molar-refractivity contribution in [2.24, 2.45) is 5.73 Å². The molecule has 1 aromatic rings. The van der Waals surface area contributed by atoms with Crippen LogP contribution in [0.1, 0.15) is 13.8 Å². The van der Waals surface area contributed by atoms with Crippen LogP contribution in [0, 0.1) is 0 Å². The third-order valence-corrected chi connectivity index (χ3v) is 2.25. The third kappa shape index (κ3) is 2.70. The maximum atomic E-state index is 11.0. The summed E-state index contributed by atoms with van der Waals surface area (Å²) in [4.78, 5) is 15.1. The molecule has 0 aliphatic carbocycles. The Balaban J connectivity index is 2.79. The molecule has 3 N–H and O–H groups in total. The van der Waals surface area contributed by atoms with Crippen molar-refractivity contribution in [2.45, 2.75) is 19.4 Å². The Morgan fingerprint density at radius 3 is 2.64 bits per heavy atom. The van der Waals surface area contributed by atoms with E-state index in [2.05, 4.69) is 26.2 Å². The number of rotatable bonds is 3. The molecule has 1 heterocycles. The summed E-state index contributed by atoms with van der Waals surface area (Å²) in [5.74, 6) is 0.208. The van der Waals surface area contributed by atoms with E-state index in [9.17, 15) is 4.79 Å². The normalized spacial score (nSPS) is 11.1. The number of nitrogens with one attached hydrogen (secondary N) is 1. The predicted octanol–water partition coefficient (Wildman–Crippen LogP) is 1.52. The first kappa shape index (κ1) is 11.0. The summed E-state index contributed by atoms with van der Waals surface area (Å²) in [5, 5.41) is 2.94. The Morgan fingerprint density at radius 2 is 2.21 bits per heavy atom. The van der Waals surface area contributed by atoms with Crippen molar-refractivity contribution in [2.75, 3.05) is 5.32 Å². The fourth-order valence-electron chi connectivity index (χ4n) is 0.832. The van der Waals surface area contributed by atoms with Crippen molar-refractivity contribution in [3.05, 3.63) is 22.8 Å². The van der Waals surface area contributed by atoms with Gasteiger partial charge in [-0.2, -0.15) is 0 Å². The number of pyridine rings is 1. The summed E-state index contributed by atoms with van der Waals surface area (Å²) < 4.78 is 0.889. The van der Waals surface area contributed by atoms with Crippen LogP contribution in [0.3, 0.4) is 0 Å². The van der Waals surface area contributed by atoms with Crippen LogP contribution in [0.15, 0.2) is 22.8 Å². The smallest absolute Gasteiger partial charge is 0.242 e. The van der Waals surface area contributed by atoms with Crippen molar-refractivity contribution >= 4 is 27.7 Å². The lowest BCUT2D eigenvalue weighted by Crippen LogP contribution is -2.45. The number of hydrogen-bond acceptors (Lipinski definition) is 3. The molecule has 0 fully saturated rings. The molecule has 0 aliphatic rings. The highest BCUT2D eigenvalue weighted by Crippen LogP contribution is 2.14. The third-order valence-electron chi connectivity index (χ3n) is 1.78. The highest BCUT2D eigenvalue weighted by atomic mass is 79.9. The first-order chi connectivity index (χ1) is 6.42. The number of carbonyl (C=O) groups is 1. The van der Waals surface area contributed by atoms with Crippen molar-refractivity contribution in [1.82, 2.24) is 4.98 Å². The van der Waals surface area contributed by atoms with Gasteiger partial charge in [-0.15, -0.1) is 0 Å². The highest BCUT2D eigenvalue weighted by Gasteiger charge is 2.24.